The van der Waals surface area contributed by atoms with Crippen LogP contribution >= 0.6 is 0 Å². The normalized spacial score (nSPS) is 12.4. The van der Waals surface area contributed by atoms with Gasteiger partial charge in [0.05, 0.1) is 13.5 Å². The number of Topliss-reactive ketones (excluding diaryl/α,β-unsaturated/α-hetero) is 1. The molecule has 0 aliphatic carbocycles. The zero-order chi connectivity index (χ0) is 23.9. The van der Waals surface area contributed by atoms with Gasteiger partial charge in [-0.2, -0.15) is 0 Å². The van der Waals surface area contributed by atoms with Crippen LogP contribution in [-0.2, 0) is 16.0 Å². The fourth-order valence-electron chi connectivity index (χ4n) is 3.09. The summed E-state index contributed by atoms with van der Waals surface area (Å²) in [5, 5.41) is 10.3. The Morgan fingerprint density at radius 1 is 1.09 bits per heavy atom. The van der Waals surface area contributed by atoms with Gasteiger partial charge in [-0.25, -0.2) is 4.79 Å². The maximum absolute atomic E-state index is 12.7. The van der Waals surface area contributed by atoms with Gasteiger partial charge in [0, 0.05) is 12.5 Å². The first-order valence-electron chi connectivity index (χ1n) is 11.3. The van der Waals surface area contributed by atoms with Crippen LogP contribution in [-0.4, -0.2) is 24.0 Å². The molecule has 176 valence electrons. The van der Waals surface area contributed by atoms with Crippen LogP contribution in [0.2, 0.25) is 0 Å². The Bertz CT molecular complexity index is 901. The number of unbranched alkanes of at least 4 members (excludes halogenated alkanes) is 4. The number of aryl methyl sites for hydroxylation is 1. The largest absolute Gasteiger partial charge is 0.507 e. The Balaban J connectivity index is 2.72. The van der Waals surface area contributed by atoms with E-state index in [2.05, 4.69) is 11.7 Å². The third kappa shape index (κ3) is 9.94. The van der Waals surface area contributed by atoms with Crippen LogP contribution in [0.1, 0.15) is 88.3 Å². The summed E-state index contributed by atoms with van der Waals surface area (Å²) in [5.41, 5.74) is 0.359. The predicted molar refractivity (Wildman–Crippen MR) is 126 cm³/mol. The van der Waals surface area contributed by atoms with Gasteiger partial charge in [-0.15, -0.1) is 0 Å². The molecule has 0 saturated heterocycles. The van der Waals surface area contributed by atoms with Gasteiger partial charge in [-0.3, -0.25) is 9.59 Å². The Hall–Kier alpha value is -2.89. The second-order valence-electron chi connectivity index (χ2n) is 7.91. The van der Waals surface area contributed by atoms with Crippen molar-refractivity contribution in [3.8, 4) is 5.75 Å². The molecule has 0 fully saturated rings. The highest BCUT2D eigenvalue weighted by atomic mass is 16.5. The van der Waals surface area contributed by atoms with E-state index in [0.717, 1.165) is 12.8 Å². The van der Waals surface area contributed by atoms with Gasteiger partial charge in [0.1, 0.15) is 17.1 Å². The van der Waals surface area contributed by atoms with Crippen LogP contribution in [0.25, 0.3) is 0 Å². The van der Waals surface area contributed by atoms with Crippen molar-refractivity contribution in [2.75, 3.05) is 7.11 Å². The Morgan fingerprint density at radius 2 is 1.84 bits per heavy atom. The summed E-state index contributed by atoms with van der Waals surface area (Å²) < 4.78 is 9.79. The van der Waals surface area contributed by atoms with Crippen molar-refractivity contribution >= 4 is 11.8 Å². The highest BCUT2D eigenvalue weighted by Crippen LogP contribution is 2.20. The smallest absolute Gasteiger partial charge is 0.351 e. The molecule has 0 amide bonds. The molecular formula is C26H36O6. The Kier molecular flexibility index (Phi) is 12.7. The molecule has 6 heteroatoms. The number of allylic oxidation sites excluding steroid dienone is 5. The first kappa shape index (κ1) is 27.1. The average molecular weight is 445 g/mol. The van der Waals surface area contributed by atoms with Crippen molar-refractivity contribution in [3.63, 3.8) is 0 Å². The Morgan fingerprint density at radius 3 is 2.50 bits per heavy atom. The van der Waals surface area contributed by atoms with Crippen LogP contribution in [0, 0.1) is 0 Å². The second-order valence-corrected chi connectivity index (χ2v) is 7.91. The first-order chi connectivity index (χ1) is 15.3. The summed E-state index contributed by atoms with van der Waals surface area (Å²) >= 11 is 0. The molecule has 0 aliphatic heterocycles. The standard InChI is InChI=1S/C26H36O6/c1-5-6-7-10-13-19(2)16-17-20(3)25(29)24-22(27)18-21(32-26(24)30)14-11-8-9-12-15-23(28)31-4/h9,12,16-18,27H,5-8,10-11,13-15H2,1-4H3/b12-9+,19-16+,20-17+. The molecule has 1 aromatic rings. The van der Waals surface area contributed by atoms with Gasteiger partial charge in [-0.1, -0.05) is 56.1 Å². The fourth-order valence-corrected chi connectivity index (χ4v) is 3.09. The predicted octanol–water partition coefficient (Wildman–Crippen LogP) is 5.83. The molecule has 0 radical (unpaired) electrons. The summed E-state index contributed by atoms with van der Waals surface area (Å²) in [7, 11) is 1.34. The van der Waals surface area contributed by atoms with E-state index in [1.165, 1.54) is 38.0 Å². The lowest BCUT2D eigenvalue weighted by Gasteiger charge is -2.05. The molecule has 32 heavy (non-hydrogen) atoms. The SMILES string of the molecule is CCCCCC/C(C)=C/C=C(\C)C(=O)c1c(O)cc(CCC/C=C/CC(=O)OC)oc1=O. The van der Waals surface area contributed by atoms with E-state index < -0.39 is 11.4 Å². The van der Waals surface area contributed by atoms with Crippen LogP contribution in [0.15, 0.2) is 50.7 Å². The molecule has 1 rings (SSSR count). The van der Waals surface area contributed by atoms with Gasteiger partial charge >= 0.3 is 11.6 Å². The number of hydrogen-bond acceptors (Lipinski definition) is 6. The van der Waals surface area contributed by atoms with Crippen LogP contribution in [0.4, 0.5) is 0 Å². The number of rotatable bonds is 14. The van der Waals surface area contributed by atoms with Crippen molar-refractivity contribution in [1.82, 2.24) is 0 Å². The molecule has 0 unspecified atom stereocenters. The third-order valence-electron chi connectivity index (χ3n) is 5.08. The van der Waals surface area contributed by atoms with E-state index in [4.69, 9.17) is 4.42 Å². The first-order valence-corrected chi connectivity index (χ1v) is 11.3. The van der Waals surface area contributed by atoms with Crippen LogP contribution in [0.3, 0.4) is 0 Å². The van der Waals surface area contributed by atoms with Crippen LogP contribution < -0.4 is 5.63 Å². The number of carbonyl (C=O) groups is 2. The molecule has 0 aromatic carbocycles. The fraction of sp³-hybridized carbons (Fsp3) is 0.500. The number of ketones is 1. The number of aromatic hydroxyl groups is 1. The summed E-state index contributed by atoms with van der Waals surface area (Å²) in [6, 6.07) is 1.33. The highest BCUT2D eigenvalue weighted by molar-refractivity contribution is 6.09. The van der Waals surface area contributed by atoms with E-state index in [0.29, 0.717) is 30.6 Å². The molecular weight excluding hydrogens is 408 g/mol. The molecule has 0 spiro atoms. The summed E-state index contributed by atoms with van der Waals surface area (Å²) in [6.45, 7) is 5.81. The summed E-state index contributed by atoms with van der Waals surface area (Å²) in [5.74, 6) is -0.895. The Labute approximate surface area is 190 Å². The zero-order valence-electron chi connectivity index (χ0n) is 19.7. The number of methoxy groups -OCH3 is 1. The molecule has 0 aliphatic rings. The summed E-state index contributed by atoms with van der Waals surface area (Å²) in [6.07, 6.45) is 14.8. The maximum Gasteiger partial charge on any atom is 0.351 e. The molecule has 6 nitrogen and oxygen atoms in total. The van der Waals surface area contributed by atoms with E-state index >= 15 is 0 Å². The molecule has 0 atom stereocenters. The second kappa shape index (κ2) is 15.0. The number of esters is 1. The van der Waals surface area contributed by atoms with Crippen molar-refractivity contribution in [1.29, 1.82) is 0 Å². The van der Waals surface area contributed by atoms with Crippen LogP contribution in [0.5, 0.6) is 5.75 Å². The third-order valence-corrected chi connectivity index (χ3v) is 5.08. The van der Waals surface area contributed by atoms with Gasteiger partial charge in [0.15, 0.2) is 5.78 Å². The summed E-state index contributed by atoms with van der Waals surface area (Å²) in [4.78, 5) is 36.0. The maximum atomic E-state index is 12.7. The van der Waals surface area contributed by atoms with Crippen molar-refractivity contribution in [3.05, 3.63) is 63.3 Å². The molecule has 0 bridgehead atoms. The monoisotopic (exact) mass is 444 g/mol. The lowest BCUT2D eigenvalue weighted by atomic mass is 10.0. The van der Waals surface area contributed by atoms with Gasteiger partial charge in [0.2, 0.25) is 0 Å². The number of carbonyl (C=O) groups excluding carboxylic acids is 2. The minimum Gasteiger partial charge on any atom is -0.507 e. The minimum absolute atomic E-state index is 0.212. The van der Waals surface area contributed by atoms with E-state index in [-0.39, 0.29) is 23.7 Å². The lowest BCUT2D eigenvalue weighted by molar-refractivity contribution is -0.139. The van der Waals surface area contributed by atoms with Gasteiger partial charge in [-0.05, 0) is 45.1 Å². The van der Waals surface area contributed by atoms with E-state index in [1.54, 1.807) is 19.1 Å². The number of hydrogen-bond donors (Lipinski definition) is 1. The van der Waals surface area contributed by atoms with Crippen molar-refractivity contribution in [2.45, 2.75) is 78.6 Å². The molecule has 0 saturated carbocycles. The average Bonchev–Trinajstić information content (AvgIpc) is 2.76. The van der Waals surface area contributed by atoms with E-state index in [1.807, 2.05) is 19.1 Å². The van der Waals surface area contributed by atoms with Gasteiger partial charge in [0.25, 0.3) is 0 Å². The van der Waals surface area contributed by atoms with Crippen molar-refractivity contribution < 1.29 is 23.8 Å². The molecule has 1 N–H and O–H groups in total. The zero-order valence-corrected chi connectivity index (χ0v) is 19.7. The molecule has 1 heterocycles. The minimum atomic E-state index is -0.834. The van der Waals surface area contributed by atoms with Crippen molar-refractivity contribution in [2.24, 2.45) is 0 Å². The topological polar surface area (TPSA) is 93.8 Å². The quantitative estimate of drug-likeness (QED) is 0.0968. The lowest BCUT2D eigenvalue weighted by Crippen LogP contribution is -2.16. The highest BCUT2D eigenvalue weighted by Gasteiger charge is 2.20. The van der Waals surface area contributed by atoms with Gasteiger partial charge < -0.3 is 14.3 Å². The molecule has 1 aromatic heterocycles. The number of ether oxygens (including phenoxy) is 1. The van der Waals surface area contributed by atoms with E-state index in [9.17, 15) is 19.5 Å².